The first-order chi connectivity index (χ1) is 12.6. The number of nitrogens with zero attached hydrogens (tertiary/aromatic N) is 2. The van der Waals surface area contributed by atoms with Gasteiger partial charge >= 0.3 is 0 Å². The van der Waals surface area contributed by atoms with Crippen LogP contribution in [-0.4, -0.2) is 71.0 Å². The van der Waals surface area contributed by atoms with Crippen molar-refractivity contribution in [1.29, 1.82) is 0 Å². The van der Waals surface area contributed by atoms with Crippen LogP contribution in [0.15, 0.2) is 23.2 Å². The molecule has 1 aromatic carbocycles. The van der Waals surface area contributed by atoms with E-state index >= 15 is 0 Å². The van der Waals surface area contributed by atoms with Crippen molar-refractivity contribution in [2.45, 2.75) is 13.3 Å². The molecule has 0 saturated carbocycles. The van der Waals surface area contributed by atoms with Gasteiger partial charge in [-0.25, -0.2) is 8.78 Å². The average molecular weight is 372 g/mol. The Morgan fingerprint density at radius 3 is 2.65 bits per heavy atom. The highest BCUT2D eigenvalue weighted by molar-refractivity contribution is 5.79. The molecule has 0 spiro atoms. The van der Waals surface area contributed by atoms with E-state index in [2.05, 4.69) is 27.6 Å². The molecule has 8 heteroatoms. The molecule has 6 nitrogen and oxygen atoms in total. The van der Waals surface area contributed by atoms with Crippen molar-refractivity contribution in [3.8, 4) is 5.75 Å². The first-order valence-electron chi connectivity index (χ1n) is 8.84. The molecule has 1 rings (SSSR count). The third-order valence-corrected chi connectivity index (χ3v) is 3.54. The van der Waals surface area contributed by atoms with Crippen LogP contribution in [0.1, 0.15) is 13.3 Å². The van der Waals surface area contributed by atoms with Gasteiger partial charge < -0.3 is 25.0 Å². The fourth-order valence-corrected chi connectivity index (χ4v) is 2.17. The Morgan fingerprint density at radius 2 is 1.96 bits per heavy atom. The summed E-state index contributed by atoms with van der Waals surface area (Å²) in [5.74, 6) is -0.804. The Kier molecular flexibility index (Phi) is 11.3. The van der Waals surface area contributed by atoms with Crippen molar-refractivity contribution in [2.75, 3.05) is 60.1 Å². The predicted molar refractivity (Wildman–Crippen MR) is 99.8 cm³/mol. The molecule has 0 unspecified atom stereocenters. The summed E-state index contributed by atoms with van der Waals surface area (Å²) in [6, 6.07) is 3.48. The van der Waals surface area contributed by atoms with Gasteiger partial charge in [-0.3, -0.25) is 4.99 Å². The average Bonchev–Trinajstić information content (AvgIpc) is 2.62. The summed E-state index contributed by atoms with van der Waals surface area (Å²) in [6.45, 7) is 6.80. The van der Waals surface area contributed by atoms with Gasteiger partial charge in [0.1, 0.15) is 12.4 Å². The van der Waals surface area contributed by atoms with Crippen molar-refractivity contribution in [3.05, 3.63) is 29.8 Å². The Bertz CT molecular complexity index is 544. The normalized spacial score (nSPS) is 11.7. The second-order valence-electron chi connectivity index (χ2n) is 5.76. The molecule has 0 aliphatic heterocycles. The Morgan fingerprint density at radius 1 is 1.15 bits per heavy atom. The number of rotatable bonds is 12. The van der Waals surface area contributed by atoms with Crippen LogP contribution in [0.25, 0.3) is 0 Å². The predicted octanol–water partition coefficient (Wildman–Crippen LogP) is 1.87. The maximum atomic E-state index is 13.1. The fourth-order valence-electron chi connectivity index (χ4n) is 2.17. The summed E-state index contributed by atoms with van der Waals surface area (Å²) < 4.78 is 36.4. The molecule has 0 fully saturated rings. The van der Waals surface area contributed by atoms with E-state index in [0.717, 1.165) is 44.8 Å². The second-order valence-corrected chi connectivity index (χ2v) is 5.76. The van der Waals surface area contributed by atoms with Gasteiger partial charge in [0, 0.05) is 39.4 Å². The van der Waals surface area contributed by atoms with Crippen molar-refractivity contribution in [3.63, 3.8) is 0 Å². The number of methoxy groups -OCH3 is 1. The molecule has 0 radical (unpaired) electrons. The molecular weight excluding hydrogens is 342 g/mol. The Balaban J connectivity index is 2.29. The van der Waals surface area contributed by atoms with Crippen LogP contribution in [0.2, 0.25) is 0 Å². The number of benzene rings is 1. The summed E-state index contributed by atoms with van der Waals surface area (Å²) in [5, 5.41) is 6.31. The lowest BCUT2D eigenvalue weighted by molar-refractivity contribution is 0.180. The molecule has 0 atom stereocenters. The van der Waals surface area contributed by atoms with Crippen molar-refractivity contribution >= 4 is 5.96 Å². The minimum Gasteiger partial charge on any atom is -0.492 e. The molecule has 26 heavy (non-hydrogen) atoms. The van der Waals surface area contributed by atoms with E-state index in [1.54, 1.807) is 7.11 Å². The van der Waals surface area contributed by atoms with Crippen molar-refractivity contribution in [2.24, 2.45) is 4.99 Å². The van der Waals surface area contributed by atoms with Crippen LogP contribution in [0.4, 0.5) is 8.78 Å². The SMILES string of the molecule is CCNC(=NCCN(C)CCCOC)NCCOc1ccc(F)c(F)c1. The van der Waals surface area contributed by atoms with Crippen LogP contribution >= 0.6 is 0 Å². The minimum absolute atomic E-state index is 0.297. The number of hydrogen-bond donors (Lipinski definition) is 2. The van der Waals surface area contributed by atoms with Crippen molar-refractivity contribution in [1.82, 2.24) is 15.5 Å². The van der Waals surface area contributed by atoms with Gasteiger partial charge in [-0.05, 0) is 32.5 Å². The minimum atomic E-state index is -0.917. The highest BCUT2D eigenvalue weighted by Gasteiger charge is 2.03. The van der Waals surface area contributed by atoms with Crippen LogP contribution in [0.5, 0.6) is 5.75 Å². The highest BCUT2D eigenvalue weighted by atomic mass is 19.2. The molecule has 0 aromatic heterocycles. The van der Waals surface area contributed by atoms with Crippen molar-refractivity contribution < 1.29 is 18.3 Å². The number of guanidine groups is 1. The zero-order valence-corrected chi connectivity index (χ0v) is 15.9. The molecule has 0 amide bonds. The maximum Gasteiger partial charge on any atom is 0.191 e. The highest BCUT2D eigenvalue weighted by Crippen LogP contribution is 2.14. The topological polar surface area (TPSA) is 58.1 Å². The third kappa shape index (κ3) is 9.53. The number of aliphatic imine (C=N–C) groups is 1. The molecule has 0 saturated heterocycles. The lowest BCUT2D eigenvalue weighted by Crippen LogP contribution is -2.39. The number of ether oxygens (including phenoxy) is 2. The lowest BCUT2D eigenvalue weighted by atomic mass is 10.3. The fraction of sp³-hybridized carbons (Fsp3) is 0.611. The molecule has 0 heterocycles. The van der Waals surface area contributed by atoms with Crippen LogP contribution < -0.4 is 15.4 Å². The van der Waals surface area contributed by atoms with E-state index in [4.69, 9.17) is 9.47 Å². The Labute approximate surface area is 154 Å². The first-order valence-corrected chi connectivity index (χ1v) is 8.84. The number of nitrogens with one attached hydrogen (secondary N) is 2. The number of halogens is 2. The second kappa shape index (κ2) is 13.3. The summed E-state index contributed by atoms with van der Waals surface area (Å²) in [6.07, 6.45) is 0.996. The molecule has 0 bridgehead atoms. The summed E-state index contributed by atoms with van der Waals surface area (Å²) in [5.41, 5.74) is 0. The maximum absolute atomic E-state index is 13.1. The van der Waals surface area contributed by atoms with Gasteiger partial charge in [-0.1, -0.05) is 0 Å². The van der Waals surface area contributed by atoms with Gasteiger partial charge in [0.25, 0.3) is 0 Å². The zero-order valence-electron chi connectivity index (χ0n) is 15.9. The zero-order chi connectivity index (χ0) is 19.2. The monoisotopic (exact) mass is 372 g/mol. The smallest absolute Gasteiger partial charge is 0.191 e. The van der Waals surface area contributed by atoms with Crippen LogP contribution in [0, 0.1) is 11.6 Å². The molecular formula is C18H30F2N4O2. The van der Waals surface area contributed by atoms with E-state index < -0.39 is 11.6 Å². The summed E-state index contributed by atoms with van der Waals surface area (Å²) >= 11 is 0. The molecule has 2 N–H and O–H groups in total. The lowest BCUT2D eigenvalue weighted by Gasteiger charge is -2.16. The first kappa shape index (κ1) is 22.1. The van der Waals surface area contributed by atoms with E-state index in [0.29, 0.717) is 31.4 Å². The quantitative estimate of drug-likeness (QED) is 0.333. The largest absolute Gasteiger partial charge is 0.492 e. The standard InChI is InChI=1S/C18H30F2N4O2/c1-4-21-18(22-8-11-24(2)10-5-12-25-3)23-9-13-26-15-6-7-16(19)17(20)14-15/h6-7,14H,4-5,8-13H2,1-3H3,(H2,21,22,23). The van der Waals surface area contributed by atoms with E-state index in [-0.39, 0.29) is 0 Å². The number of hydrogen-bond acceptors (Lipinski definition) is 4. The molecule has 0 aliphatic carbocycles. The van der Waals surface area contributed by atoms with E-state index in [9.17, 15) is 8.78 Å². The molecule has 148 valence electrons. The summed E-state index contributed by atoms with van der Waals surface area (Å²) in [7, 11) is 3.76. The summed E-state index contributed by atoms with van der Waals surface area (Å²) in [4.78, 5) is 6.71. The van der Waals surface area contributed by atoms with Crippen LogP contribution in [0.3, 0.4) is 0 Å². The van der Waals surface area contributed by atoms with E-state index in [1.165, 1.54) is 6.07 Å². The Hall–Kier alpha value is -1.93. The van der Waals surface area contributed by atoms with Gasteiger partial charge in [0.05, 0.1) is 13.1 Å². The molecule has 1 aromatic rings. The van der Waals surface area contributed by atoms with Crippen LogP contribution in [-0.2, 0) is 4.74 Å². The number of likely N-dealkylation sites (N-methyl/N-ethyl adjacent to an activating group) is 1. The van der Waals surface area contributed by atoms with E-state index in [1.807, 2.05) is 6.92 Å². The van der Waals surface area contributed by atoms with Gasteiger partial charge in [0.15, 0.2) is 17.6 Å². The molecule has 0 aliphatic rings. The van der Waals surface area contributed by atoms with Gasteiger partial charge in [-0.15, -0.1) is 0 Å². The third-order valence-electron chi connectivity index (χ3n) is 3.54. The van der Waals surface area contributed by atoms with Gasteiger partial charge in [-0.2, -0.15) is 0 Å². The van der Waals surface area contributed by atoms with Gasteiger partial charge in [0.2, 0.25) is 0 Å².